The lowest BCUT2D eigenvalue weighted by atomic mass is 9.59. The number of carbonyl (C=O) groups excluding carboxylic acids is 1. The van der Waals surface area contributed by atoms with E-state index in [4.69, 9.17) is 4.74 Å². The number of aliphatic hydroxyl groups excluding tert-OH is 2. The SMILES string of the molecule is C.CNC(=O)O[C@H]1CCC[C@@H]1C(C#N)(c1ccccc1)C1CCN(CC2CN(c3ccc(S(=O)(=O)c4ccncc4)cc3)C2)CC1.N#CC(c1ccccc1)(C1CCN(CC2CN(c3ccc(S(=O)(=O)c4ccncc4)cc3)C2)CC1)[C@H]1CCC[C@@H]1O.N#CC(c1ccccc1)(C1CCN(CC2CNC2)CC1)[C@H]1CCC[C@@H]1O.O=S(=O)(c1ccncc1)c1ccc(F)cc1.S=S=S=S=S=S=S=S=S=S=S. The molecule has 0 spiro atoms. The summed E-state index contributed by atoms with van der Waals surface area (Å²) in [5.41, 5.74) is 3.44. The maximum atomic E-state index is 12.9. The van der Waals surface area contributed by atoms with Crippen LogP contribution in [0.3, 0.4) is 0 Å². The highest BCUT2D eigenvalue weighted by Gasteiger charge is 2.56. The van der Waals surface area contributed by atoms with Gasteiger partial charge in [0, 0.05) is 246 Å². The maximum Gasteiger partial charge on any atom is 0.407 e. The topological polar surface area (TPSA) is 319 Å². The molecular weight excluding hydrogens is 2040 g/mol. The second-order valence-electron chi connectivity index (χ2n) is 36.9. The van der Waals surface area contributed by atoms with Gasteiger partial charge in [0.1, 0.15) is 11.9 Å². The van der Waals surface area contributed by atoms with Crippen molar-refractivity contribution in [2.75, 3.05) is 115 Å². The number of sulfone groups is 3. The minimum Gasteiger partial charge on any atom is -0.446 e. The number of likely N-dealkylation sites (tertiary alicyclic amines) is 3. The Kier molecular flexibility index (Phi) is 41.2. The third-order valence-electron chi connectivity index (χ3n) is 29.2. The van der Waals surface area contributed by atoms with Gasteiger partial charge >= 0.3 is 6.09 Å². The van der Waals surface area contributed by atoms with Gasteiger partial charge in [0.15, 0.2) is 0 Å². The van der Waals surface area contributed by atoms with Gasteiger partial charge in [0.05, 0.1) is 76.0 Å². The van der Waals surface area contributed by atoms with Crippen molar-refractivity contribution in [3.63, 3.8) is 0 Å². The van der Waals surface area contributed by atoms with Gasteiger partial charge in [-0.25, -0.2) is 34.4 Å². The monoisotopic (exact) mass is 2160 g/mol. The molecule has 38 heteroatoms. The lowest BCUT2D eigenvalue weighted by molar-refractivity contribution is 0.0306. The summed E-state index contributed by atoms with van der Waals surface area (Å²) in [7, 11) is 5.39. The Morgan fingerprint density at radius 2 is 0.714 bits per heavy atom. The highest BCUT2D eigenvalue weighted by Crippen LogP contribution is 2.54. The smallest absolute Gasteiger partial charge is 0.407 e. The minimum absolute atomic E-state index is 0. The molecule has 4 N–H and O–H groups in total. The molecule has 3 saturated carbocycles. The first kappa shape index (κ1) is 109. The molecule has 9 aromatic rings. The molecule has 6 aromatic carbocycles. The fraction of sp³-hybridized carbons (Fsp3) is 0.461. The van der Waals surface area contributed by atoms with Gasteiger partial charge in [-0.2, -0.15) is 15.8 Å². The van der Waals surface area contributed by atoms with E-state index >= 15 is 0 Å². The summed E-state index contributed by atoms with van der Waals surface area (Å²) >= 11 is 9.35. The van der Waals surface area contributed by atoms with Gasteiger partial charge in [-0.05, 0) is 272 Å². The van der Waals surface area contributed by atoms with Crippen LogP contribution in [0, 0.1) is 93.1 Å². The van der Waals surface area contributed by atoms with Crippen molar-refractivity contribution in [2.24, 2.45) is 53.3 Å². The first-order chi connectivity index (χ1) is 67.5. The van der Waals surface area contributed by atoms with Crippen LogP contribution >= 0.6 is 0 Å². The van der Waals surface area contributed by atoms with Crippen molar-refractivity contribution in [2.45, 2.75) is 168 Å². The zero-order valence-electron chi connectivity index (χ0n) is 77.3. The molecule has 1 amide bonds. The van der Waals surface area contributed by atoms with Crippen LogP contribution in [0.4, 0.5) is 20.6 Å². The van der Waals surface area contributed by atoms with E-state index in [9.17, 15) is 60.4 Å². The van der Waals surface area contributed by atoms with Crippen LogP contribution in [0.25, 0.3) is 0 Å². The van der Waals surface area contributed by atoms with Crippen molar-refractivity contribution in [1.29, 1.82) is 15.8 Å². The summed E-state index contributed by atoms with van der Waals surface area (Å²) in [6, 6.07) is 67.0. The van der Waals surface area contributed by atoms with Crippen LogP contribution in [0.1, 0.15) is 120 Å². The van der Waals surface area contributed by atoms with Crippen LogP contribution < -0.4 is 20.4 Å². The van der Waals surface area contributed by atoms with Crippen LogP contribution in [0.2, 0.25) is 0 Å². The van der Waals surface area contributed by atoms with E-state index in [1.54, 1.807) is 93.5 Å². The molecule has 746 valence electrons. The molecule has 6 saturated heterocycles. The number of ether oxygens (including phenoxy) is 1. The van der Waals surface area contributed by atoms with Crippen LogP contribution in [0.15, 0.2) is 267 Å². The minimum atomic E-state index is -3.56. The number of hydrogen-bond donors (Lipinski definition) is 4. The summed E-state index contributed by atoms with van der Waals surface area (Å²) in [5, 5.41) is 59.5. The van der Waals surface area contributed by atoms with E-state index in [1.165, 1.54) is 110 Å². The highest BCUT2D eigenvalue weighted by atomic mass is 33.4. The average molecular weight is 2160 g/mol. The summed E-state index contributed by atoms with van der Waals surface area (Å²) < 4.78 is 94.1. The van der Waals surface area contributed by atoms with E-state index in [0.29, 0.717) is 22.6 Å². The van der Waals surface area contributed by atoms with Gasteiger partial charge in [0.2, 0.25) is 29.5 Å². The zero-order chi connectivity index (χ0) is 97.8. The first-order valence-electron chi connectivity index (χ1n) is 47.2. The average Bonchev–Trinajstić information content (AvgIpc) is 1.44. The maximum absolute atomic E-state index is 12.9. The number of carbonyl (C=O) groups is 1. The van der Waals surface area contributed by atoms with Crippen LogP contribution in [0.5, 0.6) is 0 Å². The van der Waals surface area contributed by atoms with E-state index < -0.39 is 63.8 Å². The fourth-order valence-corrected chi connectivity index (χ4v) is 45.2. The number of amides is 1. The molecule has 18 rings (SSSR count). The predicted molar refractivity (Wildman–Crippen MR) is 576 cm³/mol. The standard InChI is InChI=1S/C35H41N5O4S.C33H38N4O3S.C22H31N3O.C11H8FNO2S.CH4.S11/c1-37-34(41)44-33-9-5-8-32(33)35(25-36,27-6-3-2-4-7-27)28-16-20-39(21-17-28)22-26-23-40(24-26)29-10-12-30(13-11-29)45(42,43)31-14-18-38-19-15-31;34-24-33(26-5-2-1-3-6-26,31-7-4-8-32(31)38)27-15-19-36(20-16-27)21-25-22-37(23-25)28-9-11-29(12-10-28)41(39,40)30-13-17-35-18-14-30;23-16-22(18-5-2-1-3-6-18,20-7-4-8-21(20)26)19-9-11-25(12-10-19)15-17-13-24-14-17;12-9-1-3-10(4-2-9)16(14,15)11-5-7-13-8-6-11;;1-3-5-7-9-11-10-8-6-4-2/h2-4,6-7,10-15,18-19,26,28,32-33H,5,8-9,16-17,20-24H2,1H3,(H,37,41);1-3,5-6,9-14,17-18,25,27,31-32,38H,4,7-8,15-16,19-23H2;1-3,5-6,17,19-21,24,26H,4,7-15H2;1-8H;1H4;/t32-,33-,35?;31-,32-,33?;20-,21-,22?;;;/m000.../s1. The zero-order valence-corrected chi connectivity index (χ0v) is 88.8. The van der Waals surface area contributed by atoms with E-state index in [1.807, 2.05) is 78.9 Å². The van der Waals surface area contributed by atoms with E-state index in [0.717, 1.165) is 234 Å². The van der Waals surface area contributed by atoms with Crippen molar-refractivity contribution >= 4 is 149 Å². The molecule has 140 heavy (non-hydrogen) atoms. The fourth-order valence-electron chi connectivity index (χ4n) is 22.2. The quantitative estimate of drug-likeness (QED) is 0.0408. The summed E-state index contributed by atoms with van der Waals surface area (Å²) in [6.45, 7) is 15.3. The van der Waals surface area contributed by atoms with Gasteiger partial charge < -0.3 is 50.1 Å². The van der Waals surface area contributed by atoms with E-state index in [2.05, 4.69) is 127 Å². The summed E-state index contributed by atoms with van der Waals surface area (Å²) in [4.78, 5) is 37.3. The molecule has 6 aliphatic heterocycles. The van der Waals surface area contributed by atoms with Crippen molar-refractivity contribution < 1.29 is 49.4 Å². The number of nitrogens with one attached hydrogen (secondary N) is 2. The van der Waals surface area contributed by atoms with Gasteiger partial charge in [-0.1, -0.05) is 111 Å². The number of aliphatic hydroxyl groups is 2. The molecule has 9 aliphatic rings. The highest BCUT2D eigenvalue weighted by molar-refractivity contribution is 8.74. The van der Waals surface area contributed by atoms with Crippen molar-refractivity contribution in [3.8, 4) is 18.2 Å². The largest absolute Gasteiger partial charge is 0.446 e. The Hall–Kier alpha value is -7.93. The Bertz CT molecular complexity index is 6460. The molecule has 9 fully saturated rings. The Balaban J connectivity index is 0.000000159. The predicted octanol–water partition coefficient (Wildman–Crippen LogP) is 14.9. The molecular formula is C102H122FN13O10S14. The number of alkyl carbamates (subject to hydrolysis) is 1. The lowest BCUT2D eigenvalue weighted by Crippen LogP contribution is -2.54. The lowest BCUT2D eigenvalue weighted by Gasteiger charge is -2.47. The third kappa shape index (κ3) is 26.7. The molecule has 3 aromatic heterocycles. The van der Waals surface area contributed by atoms with E-state index in [-0.39, 0.29) is 73.7 Å². The number of piperidine rings is 3. The molecule has 0 radical (unpaired) electrons. The van der Waals surface area contributed by atoms with Gasteiger partial charge in [0.25, 0.3) is 0 Å². The second-order valence-corrected chi connectivity index (χ2v) is 58.7. The number of aromatic nitrogens is 3. The number of anilines is 2. The normalized spacial score (nSPS) is 21.8. The number of hydrogen-bond acceptors (Lipinski definition) is 24. The summed E-state index contributed by atoms with van der Waals surface area (Å²) in [6.07, 6.45) is 21.4. The molecule has 3 aliphatic carbocycles. The van der Waals surface area contributed by atoms with Crippen molar-refractivity contribution in [1.82, 2.24) is 40.3 Å². The Labute approximate surface area is 860 Å². The molecule has 0 bridgehead atoms. The number of rotatable bonds is 24. The Morgan fingerprint density at radius 3 is 1.01 bits per heavy atom. The number of benzene rings is 6. The summed E-state index contributed by atoms with van der Waals surface area (Å²) in [5.74, 6) is 2.24. The number of halogens is 1. The van der Waals surface area contributed by atoms with Crippen LogP contribution in [-0.4, -0.2) is 195 Å². The first-order valence-corrected chi connectivity index (χ1v) is 65.0. The molecule has 23 nitrogen and oxygen atoms in total. The number of nitriles is 3. The van der Waals surface area contributed by atoms with Gasteiger partial charge in [-0.3, -0.25) is 15.0 Å². The number of nitrogens with zero attached hydrogens (tertiary/aromatic N) is 11. The van der Waals surface area contributed by atoms with Crippen molar-refractivity contribution in [3.05, 3.63) is 260 Å². The molecule has 9 heterocycles. The Morgan fingerprint density at radius 1 is 0.421 bits per heavy atom. The molecule has 3 unspecified atom stereocenters. The van der Waals surface area contributed by atoms with Gasteiger partial charge in [-0.15, -0.1) is 0 Å². The molecule has 9 atom stereocenters. The second kappa shape index (κ2) is 52.7. The third-order valence-corrected chi connectivity index (χ3v) is 52.3. The van der Waals surface area contributed by atoms with Crippen LogP contribution in [-0.2, 0) is 153 Å². The number of pyridine rings is 3.